The fourth-order valence-electron chi connectivity index (χ4n) is 2.49. The highest BCUT2D eigenvalue weighted by molar-refractivity contribution is 5.85. The van der Waals surface area contributed by atoms with Gasteiger partial charge in [0.25, 0.3) is 0 Å². The van der Waals surface area contributed by atoms with Crippen molar-refractivity contribution in [2.75, 3.05) is 18.0 Å². The molecule has 0 radical (unpaired) electrons. The molecule has 6 heteroatoms. The van der Waals surface area contributed by atoms with Crippen LogP contribution in [0.3, 0.4) is 0 Å². The van der Waals surface area contributed by atoms with Gasteiger partial charge in [-0.05, 0) is 30.7 Å². The largest absolute Gasteiger partial charge is 0.369 e. The minimum atomic E-state index is 0. The Bertz CT molecular complexity index is 653. The number of rotatable bonds is 2. The monoisotopic (exact) mass is 301 g/mol. The van der Waals surface area contributed by atoms with Crippen LogP contribution in [0.1, 0.15) is 12.0 Å². The van der Waals surface area contributed by atoms with Crippen molar-refractivity contribution in [1.29, 1.82) is 5.26 Å². The Morgan fingerprint density at radius 3 is 2.67 bits per heavy atom. The molecular weight excluding hydrogens is 286 g/mol. The minimum Gasteiger partial charge on any atom is -0.369 e. The number of aromatic nitrogens is 2. The predicted molar refractivity (Wildman–Crippen MR) is 84.2 cm³/mol. The summed E-state index contributed by atoms with van der Waals surface area (Å²) in [5, 5.41) is 9.37. The van der Waals surface area contributed by atoms with Crippen LogP contribution < -0.4 is 10.6 Å². The Morgan fingerprint density at radius 2 is 2.05 bits per heavy atom. The highest BCUT2D eigenvalue weighted by Gasteiger charge is 2.21. The van der Waals surface area contributed by atoms with Gasteiger partial charge in [-0.2, -0.15) is 5.26 Å². The zero-order valence-electron chi connectivity index (χ0n) is 11.4. The summed E-state index contributed by atoms with van der Waals surface area (Å²) >= 11 is 0. The van der Waals surface area contributed by atoms with E-state index in [9.17, 15) is 5.26 Å². The van der Waals surface area contributed by atoms with Gasteiger partial charge in [0.1, 0.15) is 6.07 Å². The van der Waals surface area contributed by atoms with Gasteiger partial charge < -0.3 is 10.6 Å². The molecule has 0 aliphatic carbocycles. The molecule has 1 aliphatic heterocycles. The lowest BCUT2D eigenvalue weighted by atomic mass is 10.1. The first-order valence-corrected chi connectivity index (χ1v) is 6.60. The summed E-state index contributed by atoms with van der Waals surface area (Å²) in [5.41, 5.74) is 8.37. The molecule has 21 heavy (non-hydrogen) atoms. The molecule has 1 aliphatic rings. The van der Waals surface area contributed by atoms with Crippen LogP contribution in [-0.4, -0.2) is 29.1 Å². The van der Waals surface area contributed by atoms with Crippen molar-refractivity contribution in [2.45, 2.75) is 12.5 Å². The summed E-state index contributed by atoms with van der Waals surface area (Å²) in [7, 11) is 0. The van der Waals surface area contributed by atoms with Crippen molar-refractivity contribution in [2.24, 2.45) is 5.73 Å². The molecule has 1 fully saturated rings. The quantitative estimate of drug-likeness (QED) is 0.917. The smallest absolute Gasteiger partial charge is 0.159 e. The minimum absolute atomic E-state index is 0. The fraction of sp³-hybridized carbons (Fsp3) is 0.267. The summed E-state index contributed by atoms with van der Waals surface area (Å²) in [5.74, 6) is 0.633. The van der Waals surface area contributed by atoms with E-state index in [0.717, 1.165) is 30.8 Å². The van der Waals surface area contributed by atoms with E-state index in [1.54, 1.807) is 18.5 Å². The number of halogens is 1. The molecular formula is C15H16ClN5. The molecule has 1 saturated heterocycles. The number of nitrogens with zero attached hydrogens (tertiary/aromatic N) is 4. The molecule has 1 aromatic heterocycles. The second kappa shape index (κ2) is 6.53. The lowest BCUT2D eigenvalue weighted by molar-refractivity contribution is 0.752. The summed E-state index contributed by atoms with van der Waals surface area (Å²) in [6.45, 7) is 1.70. The van der Waals surface area contributed by atoms with Gasteiger partial charge in [-0.15, -0.1) is 12.4 Å². The average molecular weight is 302 g/mol. The number of hydrogen-bond donors (Lipinski definition) is 1. The molecule has 1 atom stereocenters. The Morgan fingerprint density at radius 1 is 1.29 bits per heavy atom. The van der Waals surface area contributed by atoms with E-state index in [-0.39, 0.29) is 18.4 Å². The van der Waals surface area contributed by atoms with E-state index in [0.29, 0.717) is 11.4 Å². The summed E-state index contributed by atoms with van der Waals surface area (Å²) < 4.78 is 0. The molecule has 2 N–H and O–H groups in total. The number of hydrogen-bond acceptors (Lipinski definition) is 5. The van der Waals surface area contributed by atoms with Gasteiger partial charge in [-0.25, -0.2) is 9.97 Å². The molecule has 0 bridgehead atoms. The predicted octanol–water partition coefficient (Wildman–Crippen LogP) is 1.97. The van der Waals surface area contributed by atoms with Crippen molar-refractivity contribution >= 4 is 18.1 Å². The second-order valence-electron chi connectivity index (χ2n) is 4.91. The average Bonchev–Trinajstić information content (AvgIpc) is 2.94. The van der Waals surface area contributed by atoms with Crippen LogP contribution >= 0.6 is 12.4 Å². The van der Waals surface area contributed by atoms with Crippen molar-refractivity contribution in [1.82, 2.24) is 9.97 Å². The van der Waals surface area contributed by atoms with Crippen LogP contribution in [0.15, 0.2) is 36.7 Å². The van der Waals surface area contributed by atoms with Crippen LogP contribution in [0.25, 0.3) is 11.4 Å². The molecule has 1 aromatic carbocycles. The Hall–Kier alpha value is -2.16. The van der Waals surface area contributed by atoms with Gasteiger partial charge in [0.15, 0.2) is 5.82 Å². The lowest BCUT2D eigenvalue weighted by Gasteiger charge is -2.19. The third-order valence-electron chi connectivity index (χ3n) is 3.51. The van der Waals surface area contributed by atoms with Gasteiger partial charge in [-0.3, -0.25) is 0 Å². The highest BCUT2D eigenvalue weighted by Crippen LogP contribution is 2.27. The summed E-state index contributed by atoms with van der Waals surface area (Å²) in [6, 6.07) is 9.98. The van der Waals surface area contributed by atoms with Gasteiger partial charge in [-0.1, -0.05) is 0 Å². The van der Waals surface area contributed by atoms with E-state index in [1.807, 2.05) is 18.2 Å². The van der Waals surface area contributed by atoms with Crippen LogP contribution in [0.5, 0.6) is 0 Å². The molecule has 0 unspecified atom stereocenters. The number of nitrogens with two attached hydrogens (primary N) is 1. The van der Waals surface area contributed by atoms with E-state index in [4.69, 9.17) is 5.73 Å². The maximum Gasteiger partial charge on any atom is 0.159 e. The van der Waals surface area contributed by atoms with Gasteiger partial charge in [0, 0.05) is 37.1 Å². The zero-order valence-corrected chi connectivity index (χ0v) is 12.3. The van der Waals surface area contributed by atoms with Crippen molar-refractivity contribution in [3.8, 4) is 17.5 Å². The third-order valence-corrected chi connectivity index (χ3v) is 3.51. The van der Waals surface area contributed by atoms with Gasteiger partial charge in [0.05, 0.1) is 11.3 Å². The third kappa shape index (κ3) is 3.13. The van der Waals surface area contributed by atoms with Crippen LogP contribution in [0.4, 0.5) is 5.69 Å². The summed E-state index contributed by atoms with van der Waals surface area (Å²) in [4.78, 5) is 10.6. The highest BCUT2D eigenvalue weighted by atomic mass is 35.5. The Balaban J connectivity index is 0.00000161. The van der Waals surface area contributed by atoms with E-state index < -0.39 is 0 Å². The molecule has 0 amide bonds. The first-order chi connectivity index (χ1) is 9.78. The molecule has 2 heterocycles. The van der Waals surface area contributed by atoms with Crippen molar-refractivity contribution < 1.29 is 0 Å². The molecule has 0 saturated carbocycles. The van der Waals surface area contributed by atoms with Crippen molar-refractivity contribution in [3.05, 3.63) is 42.2 Å². The first-order valence-electron chi connectivity index (χ1n) is 6.60. The molecule has 5 nitrogen and oxygen atoms in total. The Labute approximate surface area is 129 Å². The maximum absolute atomic E-state index is 9.37. The topological polar surface area (TPSA) is 78.8 Å². The van der Waals surface area contributed by atoms with Crippen LogP contribution in [-0.2, 0) is 0 Å². The van der Waals surface area contributed by atoms with Gasteiger partial charge >= 0.3 is 0 Å². The second-order valence-corrected chi connectivity index (χ2v) is 4.91. The number of nitriles is 1. The molecule has 0 spiro atoms. The standard InChI is InChI=1S/C15H15N5.ClH/c16-9-12-8-11(15-18-5-1-6-19-15)2-3-14(12)20-7-4-13(17)10-20;/h1-3,5-6,8,13H,4,7,10,17H2;1H/t13-;/m0./s1. The normalized spacial score (nSPS) is 17.1. The van der Waals surface area contributed by atoms with E-state index in [1.165, 1.54) is 0 Å². The number of anilines is 1. The van der Waals surface area contributed by atoms with E-state index >= 15 is 0 Å². The zero-order chi connectivity index (χ0) is 13.9. The molecule has 108 valence electrons. The van der Waals surface area contributed by atoms with Crippen molar-refractivity contribution in [3.63, 3.8) is 0 Å². The maximum atomic E-state index is 9.37. The first kappa shape index (κ1) is 15.2. The molecule has 2 aromatic rings. The number of benzene rings is 1. The fourth-order valence-corrected chi connectivity index (χ4v) is 2.49. The summed E-state index contributed by atoms with van der Waals surface area (Å²) in [6.07, 6.45) is 4.36. The Kier molecular flexibility index (Phi) is 4.73. The van der Waals surface area contributed by atoms with E-state index in [2.05, 4.69) is 20.9 Å². The lowest BCUT2D eigenvalue weighted by Crippen LogP contribution is -2.26. The van der Waals surface area contributed by atoms with Crippen LogP contribution in [0, 0.1) is 11.3 Å². The molecule has 3 rings (SSSR count). The van der Waals surface area contributed by atoms with Crippen LogP contribution in [0.2, 0.25) is 0 Å². The van der Waals surface area contributed by atoms with Gasteiger partial charge in [0.2, 0.25) is 0 Å². The SMILES string of the molecule is Cl.N#Cc1cc(-c2ncccn2)ccc1N1CC[C@H](N)C1.